The Morgan fingerprint density at radius 2 is 1.93 bits per heavy atom. The second-order valence-electron chi connectivity index (χ2n) is 9.23. The maximum Gasteiger partial charge on any atom is 0.318 e. The van der Waals surface area contributed by atoms with Gasteiger partial charge in [-0.1, -0.05) is 24.3 Å². The summed E-state index contributed by atoms with van der Waals surface area (Å²) in [6.07, 6.45) is 1.37. The quantitative estimate of drug-likeness (QED) is 0.265. The number of aliphatic carboxylic acids is 1. The third-order valence-corrected chi connectivity index (χ3v) is 8.12. The van der Waals surface area contributed by atoms with Crippen molar-refractivity contribution in [2.75, 3.05) is 64.1 Å². The number of nitrogens with two attached hydrogens (primary N) is 1. The molecule has 3 aromatic rings. The lowest BCUT2D eigenvalue weighted by molar-refractivity contribution is -0.137. The lowest BCUT2D eigenvalue weighted by Gasteiger charge is -2.21. The standard InChI is InChI=1S/C27H33N7O7S/c1-29-15-19-3-2-4-21-25(19)41-14-13-40-12-10-30-9-11-34(17-23(35)36)42(38,39)20-7-5-18(6-8-20)22-16-31-26(28)24(32-22)27(37)33-21/h2-8,16,29-30H,9-15,17H2,1H3,(H2,28,31)(H,33,37)(H,35,36). The Hall–Kier alpha value is -4.15. The second-order valence-corrected chi connectivity index (χ2v) is 11.2. The minimum absolute atomic E-state index is 0.0631. The van der Waals surface area contributed by atoms with Gasteiger partial charge in [-0.25, -0.2) is 18.4 Å². The van der Waals surface area contributed by atoms with Crippen LogP contribution in [0.25, 0.3) is 11.3 Å². The number of nitrogens with zero attached hydrogens (tertiary/aromatic N) is 3. The van der Waals surface area contributed by atoms with Gasteiger partial charge in [0.25, 0.3) is 5.91 Å². The van der Waals surface area contributed by atoms with Crippen LogP contribution < -0.4 is 26.4 Å². The van der Waals surface area contributed by atoms with Gasteiger partial charge < -0.3 is 36.3 Å². The van der Waals surface area contributed by atoms with Crippen molar-refractivity contribution in [3.63, 3.8) is 0 Å². The zero-order valence-corrected chi connectivity index (χ0v) is 23.8. The summed E-state index contributed by atoms with van der Waals surface area (Å²) in [5, 5.41) is 18.3. The predicted molar refractivity (Wildman–Crippen MR) is 155 cm³/mol. The van der Waals surface area contributed by atoms with Crippen LogP contribution in [0.2, 0.25) is 0 Å². The van der Waals surface area contributed by atoms with Gasteiger partial charge in [0, 0.05) is 37.3 Å². The zero-order valence-electron chi connectivity index (χ0n) is 23.0. The van der Waals surface area contributed by atoms with Gasteiger partial charge in [-0.15, -0.1) is 0 Å². The molecule has 14 nitrogen and oxygen atoms in total. The highest BCUT2D eigenvalue weighted by Gasteiger charge is 2.26. The second kappa shape index (κ2) is 14.2. The number of sulfonamides is 1. The van der Waals surface area contributed by atoms with Gasteiger partial charge in [0.15, 0.2) is 11.5 Å². The number of carbonyl (C=O) groups is 2. The normalized spacial score (nSPS) is 16.7. The molecule has 0 spiro atoms. The Labute approximate surface area is 243 Å². The largest absolute Gasteiger partial charge is 0.489 e. The van der Waals surface area contributed by atoms with Gasteiger partial charge in [0.1, 0.15) is 18.9 Å². The van der Waals surface area contributed by atoms with E-state index >= 15 is 0 Å². The number of amides is 1. The van der Waals surface area contributed by atoms with E-state index in [1.54, 1.807) is 19.2 Å². The summed E-state index contributed by atoms with van der Waals surface area (Å²) in [6.45, 7) is 1.12. The van der Waals surface area contributed by atoms with Gasteiger partial charge in [-0.3, -0.25) is 9.59 Å². The first-order valence-corrected chi connectivity index (χ1v) is 14.6. The van der Waals surface area contributed by atoms with Gasteiger partial charge in [-0.2, -0.15) is 4.31 Å². The van der Waals surface area contributed by atoms with Crippen LogP contribution in [0, 0.1) is 0 Å². The molecule has 0 unspecified atom stereocenters. The minimum Gasteiger partial charge on any atom is -0.489 e. The van der Waals surface area contributed by atoms with Crippen LogP contribution in [0.5, 0.6) is 5.75 Å². The van der Waals surface area contributed by atoms with Crippen LogP contribution in [0.15, 0.2) is 53.6 Å². The zero-order chi connectivity index (χ0) is 30.1. The summed E-state index contributed by atoms with van der Waals surface area (Å²) >= 11 is 0. The van der Waals surface area contributed by atoms with Crippen molar-refractivity contribution in [2.24, 2.45) is 0 Å². The summed E-state index contributed by atoms with van der Waals surface area (Å²) in [6, 6.07) is 11.1. The van der Waals surface area contributed by atoms with E-state index in [2.05, 4.69) is 25.9 Å². The molecule has 2 aliphatic rings. The van der Waals surface area contributed by atoms with E-state index in [-0.39, 0.29) is 48.4 Å². The molecule has 0 saturated heterocycles. The number of anilines is 2. The molecule has 1 amide bonds. The summed E-state index contributed by atoms with van der Waals surface area (Å²) in [5.74, 6) is -1.50. The number of para-hydroxylation sites is 1. The number of ether oxygens (including phenoxy) is 2. The van der Waals surface area contributed by atoms with Crippen LogP contribution in [-0.2, 0) is 26.1 Å². The number of nitrogen functional groups attached to an aromatic ring is 1. The SMILES string of the molecule is CNCc1cccc2c1OCCOCCNCCN(CC(=O)O)S(=O)(=O)c1ccc(cc1)-c1cnc(N)c(n1)C(=O)N2. The number of hydrogen-bond acceptors (Lipinski definition) is 11. The van der Waals surface area contributed by atoms with Gasteiger partial charge in [-0.05, 0) is 25.2 Å². The monoisotopic (exact) mass is 599 g/mol. The number of carboxylic acid groups (broad SMARTS) is 1. The smallest absolute Gasteiger partial charge is 0.318 e. The van der Waals surface area contributed by atoms with Crippen molar-refractivity contribution in [1.82, 2.24) is 24.9 Å². The molecule has 1 aromatic heterocycles. The van der Waals surface area contributed by atoms with E-state index < -0.39 is 28.4 Å². The molecule has 224 valence electrons. The Kier molecular flexibility index (Phi) is 10.4. The highest BCUT2D eigenvalue weighted by atomic mass is 32.2. The molecule has 2 aliphatic heterocycles. The molecule has 0 radical (unpaired) electrons. The van der Waals surface area contributed by atoms with E-state index in [4.69, 9.17) is 15.2 Å². The number of carboxylic acids is 1. The topological polar surface area (TPSA) is 198 Å². The van der Waals surface area contributed by atoms with Crippen LogP contribution in [0.4, 0.5) is 11.5 Å². The first-order chi connectivity index (χ1) is 20.2. The molecular weight excluding hydrogens is 566 g/mol. The minimum atomic E-state index is -4.12. The molecule has 42 heavy (non-hydrogen) atoms. The number of hydrogen-bond donors (Lipinski definition) is 5. The van der Waals surface area contributed by atoms with Crippen molar-refractivity contribution in [3.05, 3.63) is 59.9 Å². The molecule has 4 bridgehead atoms. The van der Waals surface area contributed by atoms with Crippen LogP contribution in [0.3, 0.4) is 0 Å². The molecule has 2 aromatic carbocycles. The van der Waals surface area contributed by atoms with Crippen molar-refractivity contribution < 1.29 is 32.6 Å². The summed E-state index contributed by atoms with van der Waals surface area (Å²) in [4.78, 5) is 33.2. The number of fused-ring (bicyclic) bond motifs is 13. The van der Waals surface area contributed by atoms with Crippen molar-refractivity contribution in [3.8, 4) is 17.0 Å². The fraction of sp³-hybridized carbons (Fsp3) is 0.333. The molecule has 6 N–H and O–H groups in total. The Bertz CT molecular complexity index is 1520. The predicted octanol–water partition coefficient (Wildman–Crippen LogP) is 0.771. The molecular formula is C27H33N7O7S. The van der Waals surface area contributed by atoms with E-state index in [1.807, 2.05) is 6.07 Å². The summed E-state index contributed by atoms with van der Waals surface area (Å²) in [7, 11) is -2.32. The molecule has 15 heteroatoms. The fourth-order valence-corrected chi connectivity index (χ4v) is 5.62. The Morgan fingerprint density at radius 3 is 2.67 bits per heavy atom. The van der Waals surface area contributed by atoms with Crippen LogP contribution in [-0.4, -0.2) is 92.7 Å². The van der Waals surface area contributed by atoms with Gasteiger partial charge >= 0.3 is 5.97 Å². The highest BCUT2D eigenvalue weighted by Crippen LogP contribution is 2.30. The van der Waals surface area contributed by atoms with E-state index in [0.717, 1.165) is 9.87 Å². The lowest BCUT2D eigenvalue weighted by Crippen LogP contribution is -2.40. The maximum absolute atomic E-state index is 13.3. The van der Waals surface area contributed by atoms with Gasteiger partial charge in [0.05, 0.1) is 35.7 Å². The number of carbonyl (C=O) groups excluding carboxylic acids is 1. The third kappa shape index (κ3) is 7.57. The van der Waals surface area contributed by atoms with Crippen molar-refractivity contribution in [1.29, 1.82) is 0 Å². The summed E-state index contributed by atoms with van der Waals surface area (Å²) in [5.41, 5.74) is 7.88. The molecule has 0 fully saturated rings. The highest BCUT2D eigenvalue weighted by molar-refractivity contribution is 7.89. The Balaban J connectivity index is 1.70. The maximum atomic E-state index is 13.3. The van der Waals surface area contributed by atoms with E-state index in [1.165, 1.54) is 30.5 Å². The molecule has 0 saturated carbocycles. The molecule has 0 atom stereocenters. The van der Waals surface area contributed by atoms with Crippen molar-refractivity contribution in [2.45, 2.75) is 11.4 Å². The third-order valence-electron chi connectivity index (χ3n) is 6.26. The number of aromatic nitrogens is 2. The molecule has 5 rings (SSSR count). The Morgan fingerprint density at radius 1 is 1.14 bits per heavy atom. The first kappa shape index (κ1) is 30.8. The molecule has 3 heterocycles. The van der Waals surface area contributed by atoms with Crippen LogP contribution >= 0.6 is 0 Å². The number of benzene rings is 2. The van der Waals surface area contributed by atoms with E-state index in [0.29, 0.717) is 36.7 Å². The average molecular weight is 600 g/mol. The average Bonchev–Trinajstić information content (AvgIpc) is 2.96. The molecule has 0 aliphatic carbocycles. The first-order valence-electron chi connectivity index (χ1n) is 13.1. The lowest BCUT2D eigenvalue weighted by atomic mass is 10.1. The number of nitrogens with one attached hydrogen (secondary N) is 3. The van der Waals surface area contributed by atoms with Crippen molar-refractivity contribution >= 4 is 33.4 Å². The number of rotatable bonds is 4. The van der Waals surface area contributed by atoms with Crippen LogP contribution in [0.1, 0.15) is 16.1 Å². The summed E-state index contributed by atoms with van der Waals surface area (Å²) < 4.78 is 39.0. The van der Waals surface area contributed by atoms with E-state index in [9.17, 15) is 23.1 Å². The fourth-order valence-electron chi connectivity index (χ4n) is 4.23. The van der Waals surface area contributed by atoms with Gasteiger partial charge in [0.2, 0.25) is 10.0 Å².